The minimum absolute atomic E-state index is 0.0320. The summed E-state index contributed by atoms with van der Waals surface area (Å²) in [5, 5.41) is 3.38. The Morgan fingerprint density at radius 2 is 2.09 bits per heavy atom. The zero-order valence-corrected chi connectivity index (χ0v) is 12.7. The van der Waals surface area contributed by atoms with Crippen LogP contribution in [0.5, 0.6) is 0 Å². The summed E-state index contributed by atoms with van der Waals surface area (Å²) in [4.78, 5) is 27.0. The lowest BCUT2D eigenvalue weighted by atomic mass is 9.97. The topological polar surface area (TPSA) is 71.0 Å². The lowest BCUT2D eigenvalue weighted by Crippen LogP contribution is -2.41. The number of nitrogens with one attached hydrogen (secondary N) is 1. The SMILES string of the molecule is O=C(Nc1ccc(Cl)cn1)C1CCCN(c2ncccn2)C1. The van der Waals surface area contributed by atoms with E-state index in [-0.39, 0.29) is 11.8 Å². The molecule has 0 aliphatic carbocycles. The first-order valence-electron chi connectivity index (χ1n) is 7.17. The van der Waals surface area contributed by atoms with Gasteiger partial charge in [0.1, 0.15) is 5.82 Å². The molecule has 7 heteroatoms. The Kier molecular flexibility index (Phi) is 4.48. The van der Waals surface area contributed by atoms with E-state index < -0.39 is 0 Å². The van der Waals surface area contributed by atoms with E-state index >= 15 is 0 Å². The highest BCUT2D eigenvalue weighted by Gasteiger charge is 2.27. The van der Waals surface area contributed by atoms with Crippen molar-refractivity contribution in [3.05, 3.63) is 41.8 Å². The van der Waals surface area contributed by atoms with Crippen molar-refractivity contribution in [3.63, 3.8) is 0 Å². The van der Waals surface area contributed by atoms with Gasteiger partial charge in [0.15, 0.2) is 0 Å². The molecule has 0 radical (unpaired) electrons. The van der Waals surface area contributed by atoms with Crippen molar-refractivity contribution in [1.29, 1.82) is 0 Å². The molecule has 2 aromatic heterocycles. The van der Waals surface area contributed by atoms with Gasteiger partial charge in [0.05, 0.1) is 10.9 Å². The Balaban J connectivity index is 1.64. The summed E-state index contributed by atoms with van der Waals surface area (Å²) in [6.07, 6.45) is 6.72. The van der Waals surface area contributed by atoms with Gasteiger partial charge < -0.3 is 10.2 Å². The summed E-state index contributed by atoms with van der Waals surface area (Å²) in [5.74, 6) is 1.05. The summed E-state index contributed by atoms with van der Waals surface area (Å²) in [7, 11) is 0. The van der Waals surface area contributed by atoms with E-state index in [1.54, 1.807) is 30.6 Å². The van der Waals surface area contributed by atoms with Gasteiger partial charge in [-0.05, 0) is 31.0 Å². The van der Waals surface area contributed by atoms with Crippen LogP contribution in [0.3, 0.4) is 0 Å². The number of carbonyl (C=O) groups excluding carboxylic acids is 1. The molecule has 1 aliphatic rings. The van der Waals surface area contributed by atoms with Gasteiger partial charge in [0.25, 0.3) is 0 Å². The lowest BCUT2D eigenvalue weighted by Gasteiger charge is -2.31. The zero-order valence-electron chi connectivity index (χ0n) is 11.9. The average Bonchev–Trinajstić information content (AvgIpc) is 2.58. The average molecular weight is 318 g/mol. The van der Waals surface area contributed by atoms with E-state index in [1.165, 1.54) is 6.20 Å². The molecule has 1 amide bonds. The molecule has 1 atom stereocenters. The van der Waals surface area contributed by atoms with Crippen LogP contribution in [0.2, 0.25) is 5.02 Å². The second-order valence-electron chi connectivity index (χ2n) is 5.18. The van der Waals surface area contributed by atoms with Crippen molar-refractivity contribution >= 4 is 29.3 Å². The van der Waals surface area contributed by atoms with Crippen LogP contribution < -0.4 is 10.2 Å². The number of halogens is 1. The largest absolute Gasteiger partial charge is 0.340 e. The number of rotatable bonds is 3. The summed E-state index contributed by atoms with van der Waals surface area (Å²) in [6, 6.07) is 5.18. The zero-order chi connectivity index (χ0) is 15.4. The number of amides is 1. The van der Waals surface area contributed by atoms with Gasteiger partial charge in [-0.15, -0.1) is 0 Å². The summed E-state index contributed by atoms with van der Waals surface area (Å²) >= 11 is 5.79. The second-order valence-corrected chi connectivity index (χ2v) is 5.62. The van der Waals surface area contributed by atoms with E-state index in [1.807, 2.05) is 4.90 Å². The Hall–Kier alpha value is -2.21. The fourth-order valence-electron chi connectivity index (χ4n) is 2.51. The van der Waals surface area contributed by atoms with Crippen LogP contribution in [0.15, 0.2) is 36.8 Å². The molecule has 1 N–H and O–H groups in total. The van der Waals surface area contributed by atoms with Crippen molar-refractivity contribution in [3.8, 4) is 0 Å². The Morgan fingerprint density at radius 3 is 2.82 bits per heavy atom. The maximum absolute atomic E-state index is 12.4. The molecular weight excluding hydrogens is 302 g/mol. The predicted octanol–water partition coefficient (Wildman–Crippen LogP) is 2.38. The van der Waals surface area contributed by atoms with Gasteiger partial charge in [0.2, 0.25) is 11.9 Å². The van der Waals surface area contributed by atoms with Crippen molar-refractivity contribution in [2.24, 2.45) is 5.92 Å². The third-order valence-electron chi connectivity index (χ3n) is 3.61. The molecule has 3 rings (SSSR count). The number of hydrogen-bond acceptors (Lipinski definition) is 5. The van der Waals surface area contributed by atoms with Gasteiger partial charge in [-0.1, -0.05) is 11.6 Å². The summed E-state index contributed by atoms with van der Waals surface area (Å²) < 4.78 is 0. The van der Waals surface area contributed by atoms with E-state index in [4.69, 9.17) is 11.6 Å². The quantitative estimate of drug-likeness (QED) is 0.941. The molecule has 1 saturated heterocycles. The minimum Gasteiger partial charge on any atom is -0.340 e. The van der Waals surface area contributed by atoms with Gasteiger partial charge >= 0.3 is 0 Å². The predicted molar refractivity (Wildman–Crippen MR) is 84.8 cm³/mol. The number of aromatic nitrogens is 3. The molecule has 1 aliphatic heterocycles. The molecule has 6 nitrogen and oxygen atoms in total. The Morgan fingerprint density at radius 1 is 1.27 bits per heavy atom. The maximum atomic E-state index is 12.4. The first-order chi connectivity index (χ1) is 10.7. The normalized spacial score (nSPS) is 18.0. The van der Waals surface area contributed by atoms with E-state index in [2.05, 4.69) is 20.3 Å². The number of piperidine rings is 1. The van der Waals surface area contributed by atoms with E-state index in [0.717, 1.165) is 19.4 Å². The van der Waals surface area contributed by atoms with Gasteiger partial charge in [-0.2, -0.15) is 0 Å². The molecule has 22 heavy (non-hydrogen) atoms. The Labute approximate surface area is 133 Å². The smallest absolute Gasteiger partial charge is 0.230 e. The summed E-state index contributed by atoms with van der Waals surface area (Å²) in [5.41, 5.74) is 0. The van der Waals surface area contributed by atoms with Gasteiger partial charge in [-0.25, -0.2) is 15.0 Å². The fraction of sp³-hybridized carbons (Fsp3) is 0.333. The third kappa shape index (κ3) is 3.51. The van der Waals surface area contributed by atoms with Crippen LogP contribution in [0.4, 0.5) is 11.8 Å². The molecule has 1 unspecified atom stereocenters. The molecule has 0 spiro atoms. The molecule has 0 saturated carbocycles. The first-order valence-corrected chi connectivity index (χ1v) is 7.54. The highest BCUT2D eigenvalue weighted by atomic mass is 35.5. The number of nitrogens with zero attached hydrogens (tertiary/aromatic N) is 4. The van der Waals surface area contributed by atoms with Crippen molar-refractivity contribution in [2.75, 3.05) is 23.3 Å². The molecule has 0 bridgehead atoms. The number of hydrogen-bond donors (Lipinski definition) is 1. The monoisotopic (exact) mass is 317 g/mol. The fourth-order valence-corrected chi connectivity index (χ4v) is 2.62. The lowest BCUT2D eigenvalue weighted by molar-refractivity contribution is -0.120. The van der Waals surface area contributed by atoms with Crippen molar-refractivity contribution < 1.29 is 4.79 Å². The van der Waals surface area contributed by atoms with E-state index in [0.29, 0.717) is 23.3 Å². The molecule has 2 aromatic rings. The molecule has 1 fully saturated rings. The van der Waals surface area contributed by atoms with Crippen LogP contribution in [0.25, 0.3) is 0 Å². The molecule has 0 aromatic carbocycles. The number of carbonyl (C=O) groups is 1. The minimum atomic E-state index is -0.102. The summed E-state index contributed by atoms with van der Waals surface area (Å²) in [6.45, 7) is 1.48. The van der Waals surface area contributed by atoms with Crippen LogP contribution in [-0.2, 0) is 4.79 Å². The van der Waals surface area contributed by atoms with Crippen LogP contribution in [0, 0.1) is 5.92 Å². The first kappa shape index (κ1) is 14.7. The van der Waals surface area contributed by atoms with Crippen LogP contribution >= 0.6 is 11.6 Å². The van der Waals surface area contributed by atoms with Crippen molar-refractivity contribution in [1.82, 2.24) is 15.0 Å². The number of pyridine rings is 1. The second kappa shape index (κ2) is 6.70. The Bertz CT molecular complexity index is 634. The van der Waals surface area contributed by atoms with Crippen LogP contribution in [-0.4, -0.2) is 33.9 Å². The standard InChI is InChI=1S/C15H16ClN5O/c16-12-4-5-13(19-9-12)20-14(22)11-3-1-8-21(10-11)15-17-6-2-7-18-15/h2,4-7,9,11H,1,3,8,10H2,(H,19,20,22). The molecular formula is C15H16ClN5O. The van der Waals surface area contributed by atoms with Gasteiger partial charge in [-0.3, -0.25) is 4.79 Å². The third-order valence-corrected chi connectivity index (χ3v) is 3.83. The van der Waals surface area contributed by atoms with Crippen LogP contribution in [0.1, 0.15) is 12.8 Å². The van der Waals surface area contributed by atoms with Gasteiger partial charge in [0, 0.05) is 31.7 Å². The highest BCUT2D eigenvalue weighted by Crippen LogP contribution is 2.21. The van der Waals surface area contributed by atoms with E-state index in [9.17, 15) is 4.79 Å². The maximum Gasteiger partial charge on any atom is 0.230 e. The molecule has 114 valence electrons. The number of anilines is 2. The molecule has 3 heterocycles. The highest BCUT2D eigenvalue weighted by molar-refractivity contribution is 6.30. The van der Waals surface area contributed by atoms with Crippen molar-refractivity contribution in [2.45, 2.75) is 12.8 Å².